The van der Waals surface area contributed by atoms with Crippen molar-refractivity contribution in [1.29, 1.82) is 0 Å². The molecule has 0 aliphatic rings. The van der Waals surface area contributed by atoms with Crippen LogP contribution in [-0.2, 0) is 4.74 Å². The first-order valence-electron chi connectivity index (χ1n) is 3.39. The molecular weight excluding hydrogens is 175 g/mol. The van der Waals surface area contributed by atoms with Crippen molar-refractivity contribution < 1.29 is 9.44 Å². The summed E-state index contributed by atoms with van der Waals surface area (Å²) in [5.74, 6) is 0. The van der Waals surface area contributed by atoms with E-state index < -0.39 is 0 Å². The van der Waals surface area contributed by atoms with Gasteiger partial charge in [-0.1, -0.05) is 24.3 Å². The van der Waals surface area contributed by atoms with E-state index in [4.69, 9.17) is 17.0 Å². The maximum absolute atomic E-state index is 4.99. The second-order valence-electron chi connectivity index (χ2n) is 2.31. The van der Waals surface area contributed by atoms with Crippen molar-refractivity contribution in [3.8, 4) is 0 Å². The predicted octanol–water partition coefficient (Wildman–Crippen LogP) is 2.47. The summed E-state index contributed by atoms with van der Waals surface area (Å²) in [7, 11) is 1.59. The fourth-order valence-corrected chi connectivity index (χ4v) is 1.14. The number of methoxy groups -OCH3 is 1. The quantitative estimate of drug-likeness (QED) is 0.623. The molecule has 0 amide bonds. The lowest BCUT2D eigenvalue weighted by Crippen LogP contribution is -2.01. The Hall–Kier alpha value is -0.960. The van der Waals surface area contributed by atoms with E-state index >= 15 is 0 Å². The smallest absolute Gasteiger partial charge is 0.191 e. The van der Waals surface area contributed by atoms with E-state index in [1.807, 2.05) is 31.2 Å². The highest BCUT2D eigenvalue weighted by Gasteiger charge is 2.01. The zero-order chi connectivity index (χ0) is 8.27. The molecule has 0 aliphatic heterocycles. The van der Waals surface area contributed by atoms with E-state index in [-0.39, 0.29) is 4.70 Å². The van der Waals surface area contributed by atoms with Gasteiger partial charge in [0.05, 0.1) is 7.11 Å². The fraction of sp³-hybridized carbons (Fsp3) is 0.222. The summed E-state index contributed by atoms with van der Waals surface area (Å²) in [5.41, 5.74) is 2.16. The molecule has 0 unspecified atom stereocenters. The van der Waals surface area contributed by atoms with Gasteiger partial charge in [0.1, 0.15) is 0 Å². The normalized spacial score (nSPS) is 8.50. The van der Waals surface area contributed by atoms with Crippen LogP contribution in [0.15, 0.2) is 24.3 Å². The molecule has 0 heterocycles. The molecule has 0 saturated carbocycles. The first-order chi connectivity index (χ1) is 5.25. The van der Waals surface area contributed by atoms with Crippen molar-refractivity contribution in [3.63, 3.8) is 0 Å². The van der Waals surface area contributed by atoms with Crippen molar-refractivity contribution >= 4 is 17.3 Å². The van der Waals surface area contributed by atoms with Crippen molar-refractivity contribution in [1.82, 2.24) is 0 Å². The average Bonchev–Trinajstić information content (AvgIpc) is 2.04. The molecule has 0 N–H and O–H groups in total. The second-order valence-corrected chi connectivity index (χ2v) is 2.68. The van der Waals surface area contributed by atoms with Crippen LogP contribution in [0.3, 0.4) is 0 Å². The first kappa shape index (κ1) is 11.0. The number of aryl methyl sites for hydroxylation is 1. The summed E-state index contributed by atoms with van der Waals surface area (Å²) < 4.78 is 4.95. The van der Waals surface area contributed by atoms with E-state index in [9.17, 15) is 0 Å². The van der Waals surface area contributed by atoms with Crippen LogP contribution in [0, 0.1) is 6.92 Å². The van der Waals surface area contributed by atoms with Gasteiger partial charge in [-0.3, -0.25) is 4.70 Å². The third kappa shape index (κ3) is 2.27. The van der Waals surface area contributed by atoms with E-state index in [1.54, 1.807) is 7.11 Å². The maximum atomic E-state index is 4.99. The third-order valence-electron chi connectivity index (χ3n) is 1.55. The van der Waals surface area contributed by atoms with Gasteiger partial charge in [-0.2, -0.15) is 0 Å². The van der Waals surface area contributed by atoms with E-state index in [0.29, 0.717) is 5.05 Å². The van der Waals surface area contributed by atoms with Crippen LogP contribution in [-0.4, -0.2) is 12.2 Å². The molecule has 0 atom stereocenters. The monoisotopic (exact) mass is 186 g/mol. The summed E-state index contributed by atoms with van der Waals surface area (Å²) >= 11 is 4.99. The minimum absolute atomic E-state index is 0. The van der Waals surface area contributed by atoms with Crippen molar-refractivity contribution in [2.45, 2.75) is 6.92 Å². The van der Waals surface area contributed by atoms with Crippen molar-refractivity contribution in [2.75, 3.05) is 7.11 Å². The summed E-state index contributed by atoms with van der Waals surface area (Å²) in [6.45, 7) is 2.01. The highest BCUT2D eigenvalue weighted by Crippen LogP contribution is 2.08. The standard InChI is InChI=1S/C9H10OS.FH/c1-7-5-3-4-6-8(7)9(11)10-2;/h3-6H,1-2H3;1H. The van der Waals surface area contributed by atoms with Crippen LogP contribution in [0.4, 0.5) is 4.70 Å². The molecule has 0 radical (unpaired) electrons. The van der Waals surface area contributed by atoms with Gasteiger partial charge in [-0.25, -0.2) is 0 Å². The number of benzene rings is 1. The Kier molecular flexibility index (Phi) is 4.44. The summed E-state index contributed by atoms with van der Waals surface area (Å²) in [5, 5.41) is 0.558. The van der Waals surface area contributed by atoms with Crippen molar-refractivity contribution in [2.24, 2.45) is 0 Å². The van der Waals surface area contributed by atoms with Gasteiger partial charge in [-0.15, -0.1) is 0 Å². The largest absolute Gasteiger partial charge is 0.486 e. The molecule has 0 bridgehead atoms. The Morgan fingerprint density at radius 1 is 1.33 bits per heavy atom. The minimum atomic E-state index is 0. The molecule has 0 spiro atoms. The Bertz CT molecular complexity index is 273. The molecule has 1 aromatic rings. The van der Waals surface area contributed by atoms with E-state index in [2.05, 4.69) is 0 Å². The first-order valence-corrected chi connectivity index (χ1v) is 3.80. The highest BCUT2D eigenvalue weighted by atomic mass is 32.1. The Labute approximate surface area is 76.7 Å². The lowest BCUT2D eigenvalue weighted by molar-refractivity contribution is 0.415. The van der Waals surface area contributed by atoms with Gasteiger partial charge in [-0.05, 0) is 24.7 Å². The lowest BCUT2D eigenvalue weighted by Gasteiger charge is -2.04. The number of halogens is 1. The number of ether oxygens (including phenoxy) is 1. The molecular formula is C9H11FOS. The zero-order valence-corrected chi connectivity index (χ0v) is 7.85. The average molecular weight is 186 g/mol. The van der Waals surface area contributed by atoms with Crippen LogP contribution in [0.25, 0.3) is 0 Å². The highest BCUT2D eigenvalue weighted by molar-refractivity contribution is 7.80. The fourth-order valence-electron chi connectivity index (χ4n) is 0.912. The van der Waals surface area contributed by atoms with Gasteiger partial charge in [0.25, 0.3) is 0 Å². The maximum Gasteiger partial charge on any atom is 0.191 e. The van der Waals surface area contributed by atoms with Crippen LogP contribution in [0.5, 0.6) is 0 Å². The molecule has 1 aromatic carbocycles. The molecule has 1 rings (SSSR count). The number of hydrogen-bond donors (Lipinski definition) is 0. The zero-order valence-electron chi connectivity index (χ0n) is 7.03. The van der Waals surface area contributed by atoms with E-state index in [1.165, 1.54) is 0 Å². The summed E-state index contributed by atoms with van der Waals surface area (Å²) in [6.07, 6.45) is 0. The molecule has 0 aliphatic carbocycles. The van der Waals surface area contributed by atoms with Crippen LogP contribution in [0.2, 0.25) is 0 Å². The van der Waals surface area contributed by atoms with E-state index in [0.717, 1.165) is 11.1 Å². The van der Waals surface area contributed by atoms with Gasteiger partial charge in [0.2, 0.25) is 0 Å². The van der Waals surface area contributed by atoms with Gasteiger partial charge in [0, 0.05) is 5.56 Å². The molecule has 12 heavy (non-hydrogen) atoms. The topological polar surface area (TPSA) is 9.23 Å². The SMILES string of the molecule is COC(=S)c1ccccc1C.F. The van der Waals surface area contributed by atoms with Crippen molar-refractivity contribution in [3.05, 3.63) is 35.4 Å². The summed E-state index contributed by atoms with van der Waals surface area (Å²) in [4.78, 5) is 0. The summed E-state index contributed by atoms with van der Waals surface area (Å²) in [6, 6.07) is 7.91. The molecule has 1 nitrogen and oxygen atoms in total. The van der Waals surface area contributed by atoms with Gasteiger partial charge < -0.3 is 4.74 Å². The minimum Gasteiger partial charge on any atom is -0.486 e. The molecule has 3 heteroatoms. The lowest BCUT2D eigenvalue weighted by atomic mass is 10.1. The number of thiocarbonyl (C=S) groups is 1. The van der Waals surface area contributed by atoms with Gasteiger partial charge >= 0.3 is 0 Å². The number of hydrogen-bond acceptors (Lipinski definition) is 2. The number of rotatable bonds is 1. The van der Waals surface area contributed by atoms with Crippen LogP contribution < -0.4 is 0 Å². The second kappa shape index (κ2) is 4.83. The molecule has 66 valence electrons. The Morgan fingerprint density at radius 3 is 2.42 bits per heavy atom. The molecule has 0 fully saturated rings. The molecule has 0 aromatic heterocycles. The predicted molar refractivity (Wildman–Crippen MR) is 52.4 cm³/mol. The Balaban J connectivity index is 0.00000121. The third-order valence-corrected chi connectivity index (χ3v) is 1.94. The van der Waals surface area contributed by atoms with Gasteiger partial charge in [0.15, 0.2) is 5.05 Å². The Morgan fingerprint density at radius 2 is 1.92 bits per heavy atom. The molecule has 0 saturated heterocycles. The van der Waals surface area contributed by atoms with Crippen LogP contribution >= 0.6 is 12.2 Å². The van der Waals surface area contributed by atoms with Crippen LogP contribution in [0.1, 0.15) is 11.1 Å².